The van der Waals surface area contributed by atoms with E-state index in [2.05, 4.69) is 0 Å². The van der Waals surface area contributed by atoms with E-state index in [1.807, 2.05) is 0 Å². The van der Waals surface area contributed by atoms with Crippen LogP contribution >= 0.6 is 0 Å². The first kappa shape index (κ1) is 14.2. The summed E-state index contributed by atoms with van der Waals surface area (Å²) in [6.45, 7) is 0. The van der Waals surface area contributed by atoms with Crippen molar-refractivity contribution < 1.29 is 31.0 Å². The predicted molar refractivity (Wildman–Crippen MR) is 54.5 cm³/mol. The van der Waals surface area contributed by atoms with E-state index in [-0.39, 0.29) is 11.3 Å². The maximum atomic E-state index is 13.1. The molecule has 96 valence electrons. The zero-order valence-corrected chi connectivity index (χ0v) is 9.16. The van der Waals surface area contributed by atoms with Crippen LogP contribution < -0.4 is 0 Å². The largest absolute Gasteiger partial charge is 0.289 e. The molecule has 0 heterocycles. The summed E-state index contributed by atoms with van der Waals surface area (Å²) in [6.07, 6.45) is 0.925. The standard InChI is InChI=1S/C10H3F5O2S/c11-6-5(2-1-4(16)3-18-17)7(12)9(14)10(15)8(6)13/h1-3H. The van der Waals surface area contributed by atoms with Gasteiger partial charge in [0.25, 0.3) is 0 Å². The number of halogens is 5. The minimum absolute atomic E-state index is 0.209. The molecule has 0 unspecified atom stereocenters. The molecule has 0 saturated heterocycles. The number of benzene rings is 1. The number of hydrogen-bond acceptors (Lipinski definition) is 2. The van der Waals surface area contributed by atoms with Gasteiger partial charge >= 0.3 is 0 Å². The van der Waals surface area contributed by atoms with Gasteiger partial charge in [-0.2, -0.15) is 0 Å². The van der Waals surface area contributed by atoms with Gasteiger partial charge in [0.1, 0.15) is 0 Å². The normalized spacial score (nSPS) is 10.7. The van der Waals surface area contributed by atoms with Crippen molar-refractivity contribution in [3.05, 3.63) is 40.7 Å². The average molecular weight is 282 g/mol. The molecule has 8 heteroatoms. The van der Waals surface area contributed by atoms with Crippen LogP contribution in [0.1, 0.15) is 5.56 Å². The highest BCUT2D eigenvalue weighted by Crippen LogP contribution is 2.23. The Morgan fingerprint density at radius 3 is 1.78 bits per heavy atom. The van der Waals surface area contributed by atoms with Gasteiger partial charge in [-0.15, -0.1) is 0 Å². The number of allylic oxidation sites excluding steroid dienone is 1. The molecule has 0 amide bonds. The smallest absolute Gasteiger partial charge is 0.200 e. The first-order valence-corrected chi connectivity index (χ1v) is 5.06. The SMILES string of the molecule is O=S=CC(=O)C=Cc1c(F)c(F)c(F)c(F)c1F. The monoisotopic (exact) mass is 282 g/mol. The predicted octanol–water partition coefficient (Wildman–Crippen LogP) is 1.98. The van der Waals surface area contributed by atoms with Crippen LogP contribution in [0.4, 0.5) is 22.0 Å². The first-order chi connectivity index (χ1) is 8.40. The van der Waals surface area contributed by atoms with Crippen molar-refractivity contribution >= 4 is 28.5 Å². The lowest BCUT2D eigenvalue weighted by Gasteiger charge is -2.03. The molecule has 0 aliphatic heterocycles. The van der Waals surface area contributed by atoms with Gasteiger partial charge in [-0.3, -0.25) is 4.79 Å². The van der Waals surface area contributed by atoms with Gasteiger partial charge in [-0.1, -0.05) is 0 Å². The van der Waals surface area contributed by atoms with Crippen LogP contribution in [0.3, 0.4) is 0 Å². The van der Waals surface area contributed by atoms with E-state index >= 15 is 0 Å². The summed E-state index contributed by atoms with van der Waals surface area (Å²) < 4.78 is 74.2. The first-order valence-electron chi connectivity index (χ1n) is 4.25. The summed E-state index contributed by atoms with van der Waals surface area (Å²) in [6, 6.07) is 0. The van der Waals surface area contributed by atoms with Crippen molar-refractivity contribution in [1.82, 2.24) is 0 Å². The summed E-state index contributed by atoms with van der Waals surface area (Å²) >= 11 is -0.209. The highest BCUT2D eigenvalue weighted by molar-refractivity contribution is 7.66. The van der Waals surface area contributed by atoms with E-state index in [4.69, 9.17) is 0 Å². The van der Waals surface area contributed by atoms with Gasteiger partial charge in [0.15, 0.2) is 29.1 Å². The molecule has 0 aromatic heterocycles. The molecular formula is C10H3F5O2S. The third kappa shape index (κ3) is 2.70. The molecule has 0 aliphatic carbocycles. The quantitative estimate of drug-likeness (QED) is 0.279. The van der Waals surface area contributed by atoms with Gasteiger partial charge < -0.3 is 0 Å². The molecule has 1 aromatic carbocycles. The average Bonchev–Trinajstić information content (AvgIpc) is 2.34. The van der Waals surface area contributed by atoms with Gasteiger partial charge in [0, 0.05) is 0 Å². The Hall–Kier alpha value is -1.83. The molecule has 2 nitrogen and oxygen atoms in total. The minimum atomic E-state index is -2.28. The van der Waals surface area contributed by atoms with Crippen LogP contribution in [-0.2, 0) is 16.1 Å². The van der Waals surface area contributed by atoms with Crippen LogP contribution in [0.2, 0.25) is 0 Å². The summed E-state index contributed by atoms with van der Waals surface area (Å²) in [7, 11) is 0. The summed E-state index contributed by atoms with van der Waals surface area (Å²) in [5.41, 5.74) is -1.25. The maximum absolute atomic E-state index is 13.1. The molecule has 0 fully saturated rings. The third-order valence-corrected chi connectivity index (χ3v) is 2.15. The Morgan fingerprint density at radius 1 is 0.889 bits per heavy atom. The second-order valence-corrected chi connectivity index (χ2v) is 3.36. The van der Waals surface area contributed by atoms with E-state index in [9.17, 15) is 31.0 Å². The van der Waals surface area contributed by atoms with Crippen LogP contribution in [0.15, 0.2) is 6.08 Å². The van der Waals surface area contributed by atoms with Crippen molar-refractivity contribution in [2.75, 3.05) is 0 Å². The Kier molecular flexibility index (Phi) is 4.49. The molecule has 0 atom stereocenters. The summed E-state index contributed by atoms with van der Waals surface area (Å²) in [5, 5.41) is 0.558. The Balaban J connectivity index is 3.34. The van der Waals surface area contributed by atoms with Crippen LogP contribution in [0.25, 0.3) is 6.08 Å². The van der Waals surface area contributed by atoms with E-state index in [1.54, 1.807) is 0 Å². The zero-order valence-electron chi connectivity index (χ0n) is 8.35. The van der Waals surface area contributed by atoms with Crippen molar-refractivity contribution in [2.45, 2.75) is 0 Å². The molecular weight excluding hydrogens is 279 g/mol. The van der Waals surface area contributed by atoms with E-state index < -0.39 is 40.4 Å². The fraction of sp³-hybridized carbons (Fsp3) is 0. The van der Waals surface area contributed by atoms with Crippen LogP contribution in [0, 0.1) is 29.1 Å². The fourth-order valence-electron chi connectivity index (χ4n) is 1.02. The number of carbonyl (C=O) groups is 1. The molecule has 1 aromatic rings. The van der Waals surface area contributed by atoms with Gasteiger partial charge in [0.2, 0.25) is 5.82 Å². The molecule has 0 aliphatic rings. The molecule has 0 bridgehead atoms. The summed E-state index contributed by atoms with van der Waals surface area (Å²) in [5.74, 6) is -11.5. The molecule has 0 spiro atoms. The van der Waals surface area contributed by atoms with Gasteiger partial charge in [-0.25, -0.2) is 26.2 Å². The minimum Gasteiger partial charge on any atom is -0.289 e. The zero-order chi connectivity index (χ0) is 13.9. The molecule has 0 N–H and O–H groups in total. The van der Waals surface area contributed by atoms with E-state index in [0.29, 0.717) is 17.5 Å². The topological polar surface area (TPSA) is 34.1 Å². The molecule has 18 heavy (non-hydrogen) atoms. The lowest BCUT2D eigenvalue weighted by molar-refractivity contribution is -0.108. The number of carbonyl (C=O) groups excluding carboxylic acids is 1. The highest BCUT2D eigenvalue weighted by Gasteiger charge is 2.24. The lowest BCUT2D eigenvalue weighted by atomic mass is 10.1. The second kappa shape index (κ2) is 5.67. The second-order valence-electron chi connectivity index (χ2n) is 2.93. The van der Waals surface area contributed by atoms with Crippen LogP contribution in [0.5, 0.6) is 0 Å². The lowest BCUT2D eigenvalue weighted by Crippen LogP contribution is -2.04. The molecule has 1 rings (SSSR count). The van der Waals surface area contributed by atoms with Gasteiger partial charge in [0.05, 0.1) is 22.2 Å². The maximum Gasteiger partial charge on any atom is 0.200 e. The van der Waals surface area contributed by atoms with E-state index in [1.165, 1.54) is 0 Å². The van der Waals surface area contributed by atoms with Crippen LogP contribution in [-0.4, -0.2) is 15.4 Å². The van der Waals surface area contributed by atoms with Gasteiger partial charge in [-0.05, 0) is 12.2 Å². The van der Waals surface area contributed by atoms with Crippen molar-refractivity contribution in [2.24, 2.45) is 0 Å². The molecule has 0 radical (unpaired) electrons. The van der Waals surface area contributed by atoms with Crippen molar-refractivity contribution in [1.29, 1.82) is 0 Å². The number of hydrogen-bond donors (Lipinski definition) is 0. The molecule has 0 saturated carbocycles. The number of ketones is 1. The number of rotatable bonds is 3. The fourth-order valence-corrected chi connectivity index (χ4v) is 1.19. The Bertz CT molecular complexity index is 561. The Morgan fingerprint density at radius 2 is 1.33 bits per heavy atom. The highest BCUT2D eigenvalue weighted by atomic mass is 32.1. The third-order valence-electron chi connectivity index (χ3n) is 1.82. The van der Waals surface area contributed by atoms with E-state index in [0.717, 1.165) is 0 Å². The van der Waals surface area contributed by atoms with Crippen molar-refractivity contribution in [3.8, 4) is 0 Å². The van der Waals surface area contributed by atoms with Crippen molar-refractivity contribution in [3.63, 3.8) is 0 Å². The summed E-state index contributed by atoms with van der Waals surface area (Å²) in [4.78, 5) is 10.8. The Labute approximate surface area is 101 Å².